The van der Waals surface area contributed by atoms with E-state index in [1.807, 2.05) is 0 Å². The minimum absolute atomic E-state index is 0.139. The van der Waals surface area contributed by atoms with Gasteiger partial charge in [-0.05, 0) is 24.1 Å². The number of nitrogens with zero attached hydrogens (tertiary/aromatic N) is 1. The lowest BCUT2D eigenvalue weighted by atomic mass is 10.1. The molecule has 0 aliphatic carbocycles. The molecular formula is C19H16FNO3. The van der Waals surface area contributed by atoms with Crippen LogP contribution in [0.4, 0.5) is 4.39 Å². The molecule has 1 heterocycles. The Balaban J connectivity index is 1.90. The van der Waals surface area contributed by atoms with Crippen molar-refractivity contribution in [1.82, 2.24) is 4.57 Å². The van der Waals surface area contributed by atoms with Crippen LogP contribution in [0.3, 0.4) is 0 Å². The summed E-state index contributed by atoms with van der Waals surface area (Å²) in [6, 6.07) is 13.5. The Morgan fingerprint density at radius 1 is 1.08 bits per heavy atom. The maximum atomic E-state index is 13.7. The van der Waals surface area contributed by atoms with Gasteiger partial charge < -0.3 is 4.74 Å². The zero-order chi connectivity index (χ0) is 17.1. The molecule has 2 aromatic carbocycles. The number of fused-ring (bicyclic) bond motifs is 1. The van der Waals surface area contributed by atoms with Crippen molar-refractivity contribution in [2.24, 2.45) is 0 Å². The number of ether oxygens (including phenoxy) is 1. The zero-order valence-electron chi connectivity index (χ0n) is 13.2. The Bertz CT molecular complexity index is 914. The van der Waals surface area contributed by atoms with E-state index in [2.05, 4.69) is 0 Å². The van der Waals surface area contributed by atoms with Crippen LogP contribution >= 0.6 is 0 Å². The third-order valence-electron chi connectivity index (χ3n) is 3.95. The van der Waals surface area contributed by atoms with Crippen molar-refractivity contribution in [2.75, 3.05) is 7.11 Å². The van der Waals surface area contributed by atoms with Gasteiger partial charge in [-0.15, -0.1) is 0 Å². The lowest BCUT2D eigenvalue weighted by Gasteiger charge is -2.05. The van der Waals surface area contributed by atoms with Crippen LogP contribution in [0.2, 0.25) is 0 Å². The molecule has 5 heteroatoms. The number of para-hydroxylation sites is 1. The first-order valence-corrected chi connectivity index (χ1v) is 7.57. The highest BCUT2D eigenvalue weighted by atomic mass is 19.1. The Hall–Kier alpha value is -2.95. The van der Waals surface area contributed by atoms with Gasteiger partial charge in [0.1, 0.15) is 5.82 Å². The molecule has 0 saturated heterocycles. The molecule has 3 rings (SSSR count). The molecule has 24 heavy (non-hydrogen) atoms. The molecule has 3 aromatic rings. The average molecular weight is 325 g/mol. The van der Waals surface area contributed by atoms with E-state index < -0.39 is 5.97 Å². The Morgan fingerprint density at radius 3 is 2.54 bits per heavy atom. The number of hydrogen-bond donors (Lipinski definition) is 0. The maximum Gasteiger partial charge on any atom is 0.340 e. The van der Waals surface area contributed by atoms with Gasteiger partial charge in [-0.2, -0.15) is 0 Å². The molecule has 4 nitrogen and oxygen atoms in total. The molecule has 122 valence electrons. The second-order valence-corrected chi connectivity index (χ2v) is 5.41. The molecule has 0 amide bonds. The lowest BCUT2D eigenvalue weighted by Crippen LogP contribution is -2.11. The monoisotopic (exact) mass is 325 g/mol. The lowest BCUT2D eigenvalue weighted by molar-refractivity contribution is 0.0603. The molecule has 0 radical (unpaired) electrons. The molecule has 1 aromatic heterocycles. The van der Waals surface area contributed by atoms with Crippen LogP contribution in [0.5, 0.6) is 0 Å². The van der Waals surface area contributed by atoms with Crippen LogP contribution in [0.25, 0.3) is 10.9 Å². The molecule has 0 bridgehead atoms. The number of rotatable bonds is 4. The number of methoxy groups -OCH3 is 1. The van der Waals surface area contributed by atoms with Crippen molar-refractivity contribution in [3.8, 4) is 0 Å². The first kappa shape index (κ1) is 15.9. The Kier molecular flexibility index (Phi) is 4.42. The zero-order valence-corrected chi connectivity index (χ0v) is 13.2. The van der Waals surface area contributed by atoms with Crippen molar-refractivity contribution in [2.45, 2.75) is 12.8 Å². The summed E-state index contributed by atoms with van der Waals surface area (Å²) in [5.74, 6) is -1.02. The van der Waals surface area contributed by atoms with Gasteiger partial charge in [0.25, 0.3) is 0 Å². The van der Waals surface area contributed by atoms with Crippen LogP contribution in [0, 0.1) is 5.82 Å². The van der Waals surface area contributed by atoms with E-state index in [1.165, 1.54) is 23.9 Å². The molecule has 0 aliphatic heterocycles. The first-order chi connectivity index (χ1) is 11.6. The number of benzene rings is 2. The smallest absolute Gasteiger partial charge is 0.340 e. The van der Waals surface area contributed by atoms with E-state index in [1.54, 1.807) is 42.5 Å². The van der Waals surface area contributed by atoms with E-state index >= 15 is 0 Å². The number of aryl methyl sites for hydroxylation is 1. The van der Waals surface area contributed by atoms with E-state index in [0.717, 1.165) is 0 Å². The standard InChI is InChI=1S/C19H16FNO3/c1-24-19(23)15-12-21(17-9-5-3-7-14(15)17)18(22)11-10-13-6-2-4-8-16(13)20/h2-9,12H,10-11H2,1H3. The SMILES string of the molecule is COC(=O)c1cn(C(=O)CCc2ccccc2F)c2ccccc12. The molecule has 0 N–H and O–H groups in total. The number of carbonyl (C=O) groups excluding carboxylic acids is 2. The van der Waals surface area contributed by atoms with Crippen molar-refractivity contribution >= 4 is 22.8 Å². The maximum absolute atomic E-state index is 13.7. The number of hydrogen-bond acceptors (Lipinski definition) is 3. The number of halogens is 1. The highest BCUT2D eigenvalue weighted by molar-refractivity contribution is 6.07. The van der Waals surface area contributed by atoms with Crippen LogP contribution in [0.15, 0.2) is 54.7 Å². The second kappa shape index (κ2) is 6.66. The summed E-state index contributed by atoms with van der Waals surface area (Å²) in [5, 5.41) is 0.656. The van der Waals surface area contributed by atoms with Crippen molar-refractivity contribution in [1.29, 1.82) is 0 Å². The molecule has 0 aliphatic rings. The normalized spacial score (nSPS) is 10.8. The summed E-state index contributed by atoms with van der Waals surface area (Å²) in [4.78, 5) is 24.4. The minimum Gasteiger partial charge on any atom is -0.465 e. The van der Waals surface area contributed by atoms with Gasteiger partial charge in [-0.3, -0.25) is 9.36 Å². The van der Waals surface area contributed by atoms with Gasteiger partial charge in [-0.25, -0.2) is 9.18 Å². The quantitative estimate of drug-likeness (QED) is 0.685. The summed E-state index contributed by atoms with van der Waals surface area (Å²) in [6.45, 7) is 0. The second-order valence-electron chi connectivity index (χ2n) is 5.41. The summed E-state index contributed by atoms with van der Waals surface area (Å²) in [5.41, 5.74) is 1.47. The summed E-state index contributed by atoms with van der Waals surface area (Å²) in [7, 11) is 1.30. The van der Waals surface area contributed by atoms with Crippen molar-refractivity contribution in [3.05, 3.63) is 71.7 Å². The number of aromatic nitrogens is 1. The fourth-order valence-electron chi connectivity index (χ4n) is 2.72. The van der Waals surface area contributed by atoms with E-state index in [-0.39, 0.29) is 18.1 Å². The van der Waals surface area contributed by atoms with Crippen LogP contribution in [-0.4, -0.2) is 23.6 Å². The predicted molar refractivity (Wildman–Crippen MR) is 88.6 cm³/mol. The predicted octanol–water partition coefficient (Wildman–Crippen LogP) is 3.84. The molecule has 0 spiro atoms. The number of carbonyl (C=O) groups is 2. The molecular weight excluding hydrogens is 309 g/mol. The highest BCUT2D eigenvalue weighted by Gasteiger charge is 2.18. The minimum atomic E-state index is -0.494. The van der Waals surface area contributed by atoms with Crippen molar-refractivity contribution in [3.63, 3.8) is 0 Å². The Morgan fingerprint density at radius 2 is 1.79 bits per heavy atom. The first-order valence-electron chi connectivity index (χ1n) is 7.57. The van der Waals surface area contributed by atoms with Crippen LogP contribution < -0.4 is 0 Å². The average Bonchev–Trinajstić information content (AvgIpc) is 3.00. The third kappa shape index (κ3) is 2.93. The summed E-state index contributed by atoms with van der Waals surface area (Å²) >= 11 is 0. The van der Waals surface area contributed by atoms with Crippen LogP contribution in [0.1, 0.15) is 27.1 Å². The van der Waals surface area contributed by atoms with Gasteiger partial charge in [0, 0.05) is 18.0 Å². The summed E-state index contributed by atoms with van der Waals surface area (Å²) < 4.78 is 19.9. The molecule has 0 atom stereocenters. The van der Waals surface area contributed by atoms with Gasteiger partial charge in [0.05, 0.1) is 18.2 Å². The van der Waals surface area contributed by atoms with Gasteiger partial charge in [-0.1, -0.05) is 36.4 Å². The topological polar surface area (TPSA) is 48.3 Å². The van der Waals surface area contributed by atoms with Crippen LogP contribution in [-0.2, 0) is 11.2 Å². The fourth-order valence-corrected chi connectivity index (χ4v) is 2.72. The van der Waals surface area contributed by atoms with Gasteiger partial charge in [0.15, 0.2) is 0 Å². The highest BCUT2D eigenvalue weighted by Crippen LogP contribution is 2.23. The van der Waals surface area contributed by atoms with E-state index in [4.69, 9.17) is 4.74 Å². The summed E-state index contributed by atoms with van der Waals surface area (Å²) in [6.07, 6.45) is 1.92. The van der Waals surface area contributed by atoms with Crippen molar-refractivity contribution < 1.29 is 18.7 Å². The third-order valence-corrected chi connectivity index (χ3v) is 3.95. The molecule has 0 fully saturated rings. The van der Waals surface area contributed by atoms with E-state index in [9.17, 15) is 14.0 Å². The van der Waals surface area contributed by atoms with Gasteiger partial charge in [0.2, 0.25) is 5.91 Å². The number of esters is 1. The molecule has 0 saturated carbocycles. The fraction of sp³-hybridized carbons (Fsp3) is 0.158. The van der Waals surface area contributed by atoms with E-state index in [0.29, 0.717) is 28.5 Å². The molecule has 0 unspecified atom stereocenters. The largest absolute Gasteiger partial charge is 0.465 e. The Labute approximate surface area is 138 Å². The van der Waals surface area contributed by atoms with Gasteiger partial charge >= 0.3 is 5.97 Å².